The highest BCUT2D eigenvalue weighted by atomic mass is 35.5. The molecule has 0 rings (SSSR count). The normalized spacial score (nSPS) is 14.9. The minimum Gasteiger partial charge on any atom is -0.341 e. The van der Waals surface area contributed by atoms with E-state index in [0.29, 0.717) is 13.0 Å². The monoisotopic (exact) mass is 191 g/mol. The predicted octanol–water partition coefficient (Wildman–Crippen LogP) is 2.44. The van der Waals surface area contributed by atoms with Gasteiger partial charge in [0.2, 0.25) is 11.3 Å². The lowest BCUT2D eigenvalue weighted by molar-refractivity contribution is 0.0215. The van der Waals surface area contributed by atoms with Gasteiger partial charge in [-0.3, -0.25) is 0 Å². The van der Waals surface area contributed by atoms with E-state index in [1.807, 2.05) is 6.92 Å². The van der Waals surface area contributed by atoms with E-state index in [0.717, 1.165) is 12.8 Å². The second-order valence-electron chi connectivity index (χ2n) is 2.45. The van der Waals surface area contributed by atoms with E-state index in [1.54, 1.807) is 6.92 Å². The predicted molar refractivity (Wildman–Crippen MR) is 47.9 cm³/mol. The van der Waals surface area contributed by atoms with Crippen molar-refractivity contribution in [1.82, 2.24) is 0 Å². The lowest BCUT2D eigenvalue weighted by Crippen LogP contribution is -2.22. The fourth-order valence-corrected chi connectivity index (χ4v) is 0.766. The van der Waals surface area contributed by atoms with Gasteiger partial charge < -0.3 is 4.74 Å². The molecule has 3 nitrogen and oxygen atoms in total. The molecule has 0 bridgehead atoms. The Morgan fingerprint density at radius 2 is 2.25 bits per heavy atom. The Labute approximate surface area is 77.8 Å². The molecule has 0 aliphatic heterocycles. The zero-order valence-electron chi connectivity index (χ0n) is 7.47. The van der Waals surface area contributed by atoms with E-state index >= 15 is 0 Å². The van der Waals surface area contributed by atoms with Crippen LogP contribution < -0.4 is 0 Å². The maximum Gasteiger partial charge on any atom is 0.247 e. The Balaban J connectivity index is 3.87. The van der Waals surface area contributed by atoms with Crippen molar-refractivity contribution in [3.05, 3.63) is 0 Å². The van der Waals surface area contributed by atoms with Gasteiger partial charge in [-0.2, -0.15) is 4.99 Å². The number of alkyl halides is 1. The summed E-state index contributed by atoms with van der Waals surface area (Å²) in [6.45, 7) is 4.38. The first-order chi connectivity index (χ1) is 5.68. The molecule has 1 atom stereocenters. The number of nitrogens with zero attached hydrogens (tertiary/aromatic N) is 1. The van der Waals surface area contributed by atoms with Crippen LogP contribution in [0.15, 0.2) is 4.99 Å². The summed E-state index contributed by atoms with van der Waals surface area (Å²) in [4.78, 5) is 13.3. The molecule has 0 radical (unpaired) electrons. The first kappa shape index (κ1) is 11.6. The van der Waals surface area contributed by atoms with Gasteiger partial charge in [-0.1, -0.05) is 31.9 Å². The highest BCUT2D eigenvalue weighted by Gasteiger charge is 2.24. The summed E-state index contributed by atoms with van der Waals surface area (Å²) in [5, 5.41) is -1.18. The summed E-state index contributed by atoms with van der Waals surface area (Å²) < 4.78 is 5.20. The average molecular weight is 192 g/mol. The number of aliphatic imine (C=N–C) groups is 1. The Hall–Kier alpha value is -0.370. The van der Waals surface area contributed by atoms with Crippen molar-refractivity contribution in [3.8, 4) is 0 Å². The van der Waals surface area contributed by atoms with Crippen LogP contribution in [0.4, 0.5) is 0 Å². The van der Waals surface area contributed by atoms with E-state index in [4.69, 9.17) is 16.3 Å². The molecule has 0 aromatic heterocycles. The molecule has 1 unspecified atom stereocenters. The van der Waals surface area contributed by atoms with Crippen molar-refractivity contribution in [2.45, 2.75) is 38.3 Å². The van der Waals surface area contributed by atoms with E-state index in [9.17, 15) is 4.79 Å². The zero-order valence-corrected chi connectivity index (χ0v) is 8.23. The highest BCUT2D eigenvalue weighted by Crippen LogP contribution is 2.22. The molecule has 12 heavy (non-hydrogen) atoms. The van der Waals surface area contributed by atoms with Crippen LogP contribution in [-0.2, 0) is 9.53 Å². The van der Waals surface area contributed by atoms with E-state index in [-0.39, 0.29) is 0 Å². The summed E-state index contributed by atoms with van der Waals surface area (Å²) in [6, 6.07) is 0. The van der Waals surface area contributed by atoms with Gasteiger partial charge in [0.05, 0.1) is 6.61 Å². The molecule has 70 valence electrons. The van der Waals surface area contributed by atoms with Crippen LogP contribution in [0.5, 0.6) is 0 Å². The standard InChI is InChI=1S/C8H14ClNO2/c1-3-5-6-12-8(9,4-2)10-7-11/h3-6H2,1-2H3. The van der Waals surface area contributed by atoms with Crippen LogP contribution in [0.3, 0.4) is 0 Å². The number of ether oxygens (including phenoxy) is 1. The summed E-state index contributed by atoms with van der Waals surface area (Å²) >= 11 is 5.81. The lowest BCUT2D eigenvalue weighted by Gasteiger charge is -2.18. The van der Waals surface area contributed by atoms with Gasteiger partial charge in [-0.25, -0.2) is 4.79 Å². The van der Waals surface area contributed by atoms with Crippen molar-refractivity contribution < 1.29 is 9.53 Å². The molecule has 0 aromatic rings. The largest absolute Gasteiger partial charge is 0.341 e. The fourth-order valence-electron chi connectivity index (χ4n) is 0.654. The molecule has 0 N–H and O–H groups in total. The van der Waals surface area contributed by atoms with Crippen molar-refractivity contribution in [2.24, 2.45) is 4.99 Å². The van der Waals surface area contributed by atoms with Gasteiger partial charge in [-0.05, 0) is 6.42 Å². The third-order valence-electron chi connectivity index (χ3n) is 1.47. The topological polar surface area (TPSA) is 38.7 Å². The lowest BCUT2D eigenvalue weighted by atomic mass is 10.3. The van der Waals surface area contributed by atoms with Crippen molar-refractivity contribution in [3.63, 3.8) is 0 Å². The molecule has 0 saturated heterocycles. The number of rotatable bonds is 6. The SMILES string of the molecule is CCCCOC(Cl)(CC)N=C=O. The van der Waals surface area contributed by atoms with Gasteiger partial charge in [0, 0.05) is 6.42 Å². The second kappa shape index (κ2) is 6.18. The van der Waals surface area contributed by atoms with Gasteiger partial charge in [0.25, 0.3) is 0 Å². The Morgan fingerprint density at radius 1 is 1.58 bits per heavy atom. The Bertz CT molecular complexity index is 168. The fraction of sp³-hybridized carbons (Fsp3) is 0.875. The smallest absolute Gasteiger partial charge is 0.247 e. The van der Waals surface area contributed by atoms with Gasteiger partial charge in [0.1, 0.15) is 0 Å². The number of hydrogen-bond acceptors (Lipinski definition) is 3. The minimum atomic E-state index is -1.18. The van der Waals surface area contributed by atoms with Crippen LogP contribution in [0.2, 0.25) is 0 Å². The van der Waals surface area contributed by atoms with Crippen LogP contribution >= 0.6 is 11.6 Å². The number of carbonyl (C=O) groups excluding carboxylic acids is 1. The molecular weight excluding hydrogens is 178 g/mol. The van der Waals surface area contributed by atoms with Gasteiger partial charge >= 0.3 is 0 Å². The van der Waals surface area contributed by atoms with Crippen LogP contribution in [0.25, 0.3) is 0 Å². The van der Waals surface area contributed by atoms with Gasteiger partial charge in [0.15, 0.2) is 0 Å². The van der Waals surface area contributed by atoms with Crippen LogP contribution in [0.1, 0.15) is 33.1 Å². The zero-order chi connectivity index (χ0) is 9.45. The van der Waals surface area contributed by atoms with Crippen molar-refractivity contribution >= 4 is 17.7 Å². The molecule has 0 heterocycles. The maximum atomic E-state index is 9.96. The van der Waals surface area contributed by atoms with E-state index < -0.39 is 5.18 Å². The number of halogens is 1. The highest BCUT2D eigenvalue weighted by molar-refractivity contribution is 6.22. The van der Waals surface area contributed by atoms with Crippen LogP contribution in [0, 0.1) is 0 Å². The summed E-state index contributed by atoms with van der Waals surface area (Å²) in [5.41, 5.74) is 0. The number of hydrogen-bond donors (Lipinski definition) is 0. The molecule has 0 spiro atoms. The third kappa shape index (κ3) is 4.50. The van der Waals surface area contributed by atoms with E-state index in [2.05, 4.69) is 4.99 Å². The molecule has 0 aliphatic rings. The first-order valence-electron chi connectivity index (χ1n) is 4.10. The first-order valence-corrected chi connectivity index (χ1v) is 4.48. The Morgan fingerprint density at radius 3 is 2.67 bits per heavy atom. The average Bonchev–Trinajstić information content (AvgIpc) is 2.06. The van der Waals surface area contributed by atoms with Crippen molar-refractivity contribution in [1.29, 1.82) is 0 Å². The third-order valence-corrected chi connectivity index (χ3v) is 1.93. The van der Waals surface area contributed by atoms with E-state index in [1.165, 1.54) is 6.08 Å². The van der Waals surface area contributed by atoms with Crippen LogP contribution in [-0.4, -0.2) is 17.9 Å². The second-order valence-corrected chi connectivity index (χ2v) is 3.04. The number of unbranched alkanes of at least 4 members (excludes halogenated alkanes) is 1. The molecule has 0 amide bonds. The maximum absolute atomic E-state index is 9.96. The van der Waals surface area contributed by atoms with Crippen molar-refractivity contribution in [2.75, 3.05) is 6.61 Å². The summed E-state index contributed by atoms with van der Waals surface area (Å²) in [5.74, 6) is 0. The summed E-state index contributed by atoms with van der Waals surface area (Å²) in [7, 11) is 0. The van der Waals surface area contributed by atoms with Gasteiger partial charge in [-0.15, -0.1) is 0 Å². The minimum absolute atomic E-state index is 0.466. The quantitative estimate of drug-likeness (QED) is 0.213. The molecule has 0 aliphatic carbocycles. The molecule has 4 heteroatoms. The summed E-state index contributed by atoms with van der Waals surface area (Å²) in [6.07, 6.45) is 3.82. The Kier molecular flexibility index (Phi) is 5.99. The molecule has 0 saturated carbocycles. The number of isocyanates is 1. The molecular formula is C8H14ClNO2. The molecule has 0 fully saturated rings. The molecule has 0 aromatic carbocycles.